The molecule has 1 amide bonds. The molecule has 1 fully saturated rings. The number of anilines is 1. The zero-order valence-electron chi connectivity index (χ0n) is 15.7. The third kappa shape index (κ3) is 6.14. The number of nitrogens with one attached hydrogen (secondary N) is 1. The molecule has 1 aromatic heterocycles. The predicted octanol–water partition coefficient (Wildman–Crippen LogP) is -0.533. The zero-order chi connectivity index (χ0) is 21.8. The number of aliphatic carboxylic acids is 2. The molecule has 2 heterocycles. The van der Waals surface area contributed by atoms with Gasteiger partial charge >= 0.3 is 19.1 Å². The van der Waals surface area contributed by atoms with Crippen LogP contribution in [-0.4, -0.2) is 68.5 Å². The maximum atomic E-state index is 12.7. The van der Waals surface area contributed by atoms with Gasteiger partial charge in [-0.1, -0.05) is 5.16 Å². The minimum atomic E-state index is -1.70. The summed E-state index contributed by atoms with van der Waals surface area (Å²) in [4.78, 5) is 43.6. The second kappa shape index (κ2) is 9.20. The average Bonchev–Trinajstić information content (AvgIpc) is 3.03. The molecule has 1 aliphatic rings. The largest absolute Gasteiger partial charge is 0.481 e. The van der Waals surface area contributed by atoms with Gasteiger partial charge in [-0.15, -0.1) is 11.3 Å². The molecule has 0 bridgehead atoms. The van der Waals surface area contributed by atoms with E-state index in [-0.39, 0.29) is 29.4 Å². The number of oxime groups is 1. The molecule has 12 nitrogen and oxygen atoms in total. The van der Waals surface area contributed by atoms with E-state index < -0.39 is 42.6 Å². The van der Waals surface area contributed by atoms with Crippen molar-refractivity contribution in [2.45, 2.75) is 50.8 Å². The number of aromatic nitrogens is 1. The Hall–Kier alpha value is -2.71. The van der Waals surface area contributed by atoms with Gasteiger partial charge in [-0.05, 0) is 26.7 Å². The number of carboxylic acid groups (broad SMARTS) is 2. The molecule has 29 heavy (non-hydrogen) atoms. The van der Waals surface area contributed by atoms with Crippen LogP contribution in [0.25, 0.3) is 0 Å². The van der Waals surface area contributed by atoms with Gasteiger partial charge in [0.05, 0.1) is 18.5 Å². The van der Waals surface area contributed by atoms with Crippen LogP contribution in [0.3, 0.4) is 0 Å². The first-order chi connectivity index (χ1) is 13.5. The number of nitrogens with zero attached hydrogens (tertiary/aromatic N) is 2. The number of hydrogen-bond donors (Lipinski definition) is 5. The summed E-state index contributed by atoms with van der Waals surface area (Å²) in [6.45, 7) is 2.51. The number of amides is 1. The summed E-state index contributed by atoms with van der Waals surface area (Å²) in [7, 11) is -1.42. The van der Waals surface area contributed by atoms with Crippen LogP contribution in [0.5, 0.6) is 0 Å². The third-order valence-corrected chi connectivity index (χ3v) is 4.73. The summed E-state index contributed by atoms with van der Waals surface area (Å²) in [5, 5.41) is 35.8. The van der Waals surface area contributed by atoms with Crippen molar-refractivity contribution in [1.29, 1.82) is 0 Å². The Morgan fingerprint density at radius 2 is 2.14 bits per heavy atom. The van der Waals surface area contributed by atoms with Crippen molar-refractivity contribution in [3.05, 3.63) is 11.1 Å². The Bertz CT molecular complexity index is 814. The number of carbonyl (C=O) groups is 3. The van der Waals surface area contributed by atoms with Crippen LogP contribution in [-0.2, 0) is 23.9 Å². The van der Waals surface area contributed by atoms with Crippen molar-refractivity contribution >= 4 is 47.1 Å². The molecule has 0 saturated carbocycles. The number of carbonyl (C=O) groups excluding carboxylic acids is 1. The normalized spacial score (nSPS) is 20.2. The number of rotatable bonds is 8. The highest BCUT2D eigenvalue weighted by Gasteiger charge is 2.38. The number of thiazole rings is 1. The summed E-state index contributed by atoms with van der Waals surface area (Å²) >= 11 is 1.05. The van der Waals surface area contributed by atoms with Crippen LogP contribution in [0.4, 0.5) is 5.13 Å². The van der Waals surface area contributed by atoms with E-state index in [9.17, 15) is 19.4 Å². The number of nitrogens with two attached hydrogens (primary N) is 1. The van der Waals surface area contributed by atoms with Crippen LogP contribution in [0.15, 0.2) is 10.5 Å². The number of nitrogen functional groups attached to an aromatic ring is 1. The third-order valence-electron chi connectivity index (χ3n) is 4.05. The average molecular weight is 428 g/mol. The standard InChI is InChI=1S/C15H21BN4O8S/c1-15(2,13(24)25)28-20-11(8-6-29-14(17)18-8)12(23)19-9-4-3-7(5-10(21)22)27-16(9)26/h6-7,9,26H,3-5H2,1-2H3,(H2,17,18)(H,19,23)(H,21,22)(H,24,25)/b20-11+/t7-,9-/m0/s1. The first-order valence-corrected chi connectivity index (χ1v) is 9.44. The van der Waals surface area contributed by atoms with E-state index in [1.54, 1.807) is 0 Å². The second-order valence-corrected chi connectivity index (χ2v) is 7.71. The monoisotopic (exact) mass is 428 g/mol. The Morgan fingerprint density at radius 3 is 2.66 bits per heavy atom. The lowest BCUT2D eigenvalue weighted by Gasteiger charge is -2.30. The summed E-state index contributed by atoms with van der Waals surface area (Å²) in [6, 6.07) is 0. The molecule has 14 heteroatoms. The van der Waals surface area contributed by atoms with E-state index in [0.29, 0.717) is 6.42 Å². The van der Waals surface area contributed by atoms with Crippen molar-refractivity contribution in [2.24, 2.45) is 5.16 Å². The summed E-state index contributed by atoms with van der Waals surface area (Å²) < 4.78 is 5.22. The van der Waals surface area contributed by atoms with Gasteiger partial charge in [0.2, 0.25) is 5.60 Å². The molecule has 1 saturated heterocycles. The molecular weight excluding hydrogens is 407 g/mol. The van der Waals surface area contributed by atoms with Crippen LogP contribution in [0.1, 0.15) is 38.8 Å². The maximum Gasteiger partial charge on any atom is 0.478 e. The molecule has 1 aromatic rings. The van der Waals surface area contributed by atoms with Crippen LogP contribution in [0.2, 0.25) is 0 Å². The van der Waals surface area contributed by atoms with E-state index in [1.165, 1.54) is 19.2 Å². The minimum absolute atomic E-state index is 0.0705. The molecular formula is C15H21BN4O8S. The van der Waals surface area contributed by atoms with E-state index in [4.69, 9.17) is 25.4 Å². The molecule has 2 atom stereocenters. The smallest absolute Gasteiger partial charge is 0.478 e. The van der Waals surface area contributed by atoms with E-state index in [0.717, 1.165) is 11.3 Å². The zero-order valence-corrected chi connectivity index (χ0v) is 16.5. The highest BCUT2D eigenvalue weighted by Crippen LogP contribution is 2.20. The number of carboxylic acids is 2. The fourth-order valence-corrected chi connectivity index (χ4v) is 2.94. The molecule has 158 valence electrons. The van der Waals surface area contributed by atoms with Gasteiger partial charge in [-0.25, -0.2) is 9.78 Å². The van der Waals surface area contributed by atoms with Crippen LogP contribution < -0.4 is 11.1 Å². The lowest BCUT2D eigenvalue weighted by atomic mass is 9.72. The fourth-order valence-electron chi connectivity index (χ4n) is 2.39. The Morgan fingerprint density at radius 1 is 1.45 bits per heavy atom. The van der Waals surface area contributed by atoms with Crippen molar-refractivity contribution < 1.29 is 39.1 Å². The van der Waals surface area contributed by atoms with Gasteiger partial charge in [-0.3, -0.25) is 9.59 Å². The number of hydrogen-bond acceptors (Lipinski definition) is 10. The van der Waals surface area contributed by atoms with Crippen molar-refractivity contribution in [2.75, 3.05) is 5.73 Å². The van der Waals surface area contributed by atoms with Gasteiger partial charge in [0.25, 0.3) is 5.91 Å². The molecule has 2 rings (SSSR count). The topological polar surface area (TPSA) is 194 Å². The SMILES string of the molecule is CC(C)(O/N=C(/C(=O)N[C@H]1CC[C@@H](CC(=O)O)OB1O)c1csc(N)n1)C(=O)O. The summed E-state index contributed by atoms with van der Waals surface area (Å²) in [6.07, 6.45) is -0.353. The molecule has 0 radical (unpaired) electrons. The van der Waals surface area contributed by atoms with Crippen molar-refractivity contribution in [1.82, 2.24) is 10.3 Å². The maximum absolute atomic E-state index is 12.7. The Labute approximate surface area is 169 Å². The Balaban J connectivity index is 2.14. The van der Waals surface area contributed by atoms with Crippen LogP contribution in [0, 0.1) is 0 Å². The summed E-state index contributed by atoms with van der Waals surface area (Å²) in [5.74, 6) is -3.97. The Kier molecular flexibility index (Phi) is 7.16. The summed E-state index contributed by atoms with van der Waals surface area (Å²) in [5.41, 5.74) is 3.63. The van der Waals surface area contributed by atoms with E-state index in [1.807, 2.05) is 0 Å². The molecule has 1 aliphatic heterocycles. The second-order valence-electron chi connectivity index (χ2n) is 6.82. The molecule has 0 spiro atoms. The van der Waals surface area contributed by atoms with E-state index in [2.05, 4.69) is 15.5 Å². The first-order valence-electron chi connectivity index (χ1n) is 8.56. The van der Waals surface area contributed by atoms with Gasteiger partial charge in [0.1, 0.15) is 5.69 Å². The van der Waals surface area contributed by atoms with Gasteiger partial charge in [-0.2, -0.15) is 0 Å². The quantitative estimate of drug-likeness (QED) is 0.204. The predicted molar refractivity (Wildman–Crippen MR) is 102 cm³/mol. The molecule has 0 unspecified atom stereocenters. The van der Waals surface area contributed by atoms with Crippen LogP contribution >= 0.6 is 11.3 Å². The van der Waals surface area contributed by atoms with Crippen molar-refractivity contribution in [3.63, 3.8) is 0 Å². The first kappa shape index (κ1) is 22.6. The highest BCUT2D eigenvalue weighted by atomic mass is 32.1. The van der Waals surface area contributed by atoms with Gasteiger partial charge in [0, 0.05) is 5.38 Å². The van der Waals surface area contributed by atoms with Gasteiger partial charge in [0.15, 0.2) is 10.8 Å². The molecule has 0 aromatic carbocycles. The minimum Gasteiger partial charge on any atom is -0.481 e. The van der Waals surface area contributed by atoms with Gasteiger partial charge < -0.3 is 35.8 Å². The lowest BCUT2D eigenvalue weighted by molar-refractivity contribution is -0.161. The lowest BCUT2D eigenvalue weighted by Crippen LogP contribution is -2.54. The van der Waals surface area contributed by atoms with E-state index >= 15 is 0 Å². The molecule has 6 N–H and O–H groups in total. The van der Waals surface area contributed by atoms with Crippen molar-refractivity contribution in [3.8, 4) is 0 Å². The molecule has 0 aliphatic carbocycles. The highest BCUT2D eigenvalue weighted by molar-refractivity contribution is 7.13. The fraction of sp³-hybridized carbons (Fsp3) is 0.533.